The quantitative estimate of drug-likeness (QED) is 0.619. The Balaban J connectivity index is 1.97. The van der Waals surface area contributed by atoms with Crippen molar-refractivity contribution < 1.29 is 26.4 Å². The largest absolute Gasteiger partial charge is 0.466 e. The monoisotopic (exact) mass is 369 g/mol. The normalized spacial score (nSPS) is 24.9. The first-order valence-electron chi connectivity index (χ1n) is 7.65. The van der Waals surface area contributed by atoms with Crippen molar-refractivity contribution >= 4 is 26.2 Å². The molecule has 0 aliphatic carbocycles. The molecule has 0 aromatic carbocycles. The van der Waals surface area contributed by atoms with Crippen LogP contribution in [0.2, 0.25) is 0 Å². The van der Waals surface area contributed by atoms with E-state index in [1.54, 1.807) is 6.92 Å². The maximum absolute atomic E-state index is 12.6. The van der Waals surface area contributed by atoms with Crippen molar-refractivity contribution in [3.05, 3.63) is 0 Å². The maximum Gasteiger partial charge on any atom is 0.309 e. The fourth-order valence-electron chi connectivity index (χ4n) is 2.71. The van der Waals surface area contributed by atoms with Gasteiger partial charge in [-0.25, -0.2) is 13.1 Å². The van der Waals surface area contributed by atoms with Gasteiger partial charge in [0.2, 0.25) is 10.0 Å². The molecule has 2 aliphatic heterocycles. The average Bonchev–Trinajstić information content (AvgIpc) is 2.69. The fraction of sp³-hybridized carbons (Fsp3) is 0.917. The maximum atomic E-state index is 12.6. The van der Waals surface area contributed by atoms with Gasteiger partial charge in [0, 0.05) is 32.7 Å². The zero-order chi connectivity index (χ0) is 17.1. The predicted octanol–water partition coefficient (Wildman–Crippen LogP) is -1.26. The SMILES string of the molecule is CCOC(=O)C1CCN(S(=O)(=O)N2CCNS(=O)(=O)CC2)CC1. The van der Waals surface area contributed by atoms with Crippen LogP contribution in [0.4, 0.5) is 0 Å². The molecule has 0 bridgehead atoms. The Bertz CT molecular complexity index is 625. The number of sulfonamides is 1. The topological polar surface area (TPSA) is 113 Å². The predicted molar refractivity (Wildman–Crippen MR) is 83.2 cm³/mol. The van der Waals surface area contributed by atoms with Crippen LogP contribution in [0.15, 0.2) is 0 Å². The molecule has 0 aromatic heterocycles. The molecule has 0 atom stereocenters. The molecule has 2 fully saturated rings. The van der Waals surface area contributed by atoms with Crippen LogP contribution >= 0.6 is 0 Å². The van der Waals surface area contributed by atoms with E-state index in [2.05, 4.69) is 4.72 Å². The van der Waals surface area contributed by atoms with Crippen molar-refractivity contribution in [2.75, 3.05) is 45.1 Å². The second-order valence-corrected chi connectivity index (χ2v) is 9.40. The Morgan fingerprint density at radius 2 is 1.78 bits per heavy atom. The molecule has 0 radical (unpaired) electrons. The van der Waals surface area contributed by atoms with Gasteiger partial charge in [-0.1, -0.05) is 0 Å². The van der Waals surface area contributed by atoms with E-state index >= 15 is 0 Å². The van der Waals surface area contributed by atoms with Gasteiger partial charge in [-0.05, 0) is 19.8 Å². The lowest BCUT2D eigenvalue weighted by atomic mass is 9.98. The summed E-state index contributed by atoms with van der Waals surface area (Å²) in [5.74, 6) is -0.798. The van der Waals surface area contributed by atoms with E-state index in [0.717, 1.165) is 0 Å². The van der Waals surface area contributed by atoms with Gasteiger partial charge < -0.3 is 4.74 Å². The highest BCUT2D eigenvalue weighted by Crippen LogP contribution is 2.22. The van der Waals surface area contributed by atoms with E-state index < -0.39 is 20.2 Å². The molecule has 0 amide bonds. The number of carbonyl (C=O) groups is 1. The molecule has 134 valence electrons. The molecule has 0 spiro atoms. The number of hydrogen-bond acceptors (Lipinski definition) is 6. The van der Waals surface area contributed by atoms with Crippen LogP contribution < -0.4 is 4.72 Å². The summed E-state index contributed by atoms with van der Waals surface area (Å²) >= 11 is 0. The van der Waals surface area contributed by atoms with Gasteiger partial charge in [0.05, 0.1) is 18.3 Å². The average molecular weight is 369 g/mol. The van der Waals surface area contributed by atoms with E-state index in [1.165, 1.54) is 8.61 Å². The Morgan fingerprint density at radius 1 is 1.17 bits per heavy atom. The fourth-order valence-corrected chi connectivity index (χ4v) is 5.47. The first-order valence-corrected chi connectivity index (χ1v) is 10.7. The Morgan fingerprint density at radius 3 is 2.39 bits per heavy atom. The van der Waals surface area contributed by atoms with Crippen LogP contribution in [0, 0.1) is 5.92 Å². The van der Waals surface area contributed by atoms with Crippen molar-refractivity contribution in [3.63, 3.8) is 0 Å². The summed E-state index contributed by atoms with van der Waals surface area (Å²) in [5, 5.41) is 0. The molecular weight excluding hydrogens is 346 g/mol. The molecule has 2 saturated heterocycles. The summed E-state index contributed by atoms with van der Waals surface area (Å²) in [7, 11) is -7.12. The van der Waals surface area contributed by atoms with Crippen molar-refractivity contribution in [2.24, 2.45) is 5.92 Å². The molecule has 0 saturated carbocycles. The molecule has 1 N–H and O–H groups in total. The van der Waals surface area contributed by atoms with Crippen molar-refractivity contribution in [2.45, 2.75) is 19.8 Å². The van der Waals surface area contributed by atoms with Gasteiger partial charge in [0.25, 0.3) is 10.2 Å². The summed E-state index contributed by atoms with van der Waals surface area (Å²) in [5.41, 5.74) is 0. The molecular formula is C12H23N3O6S2. The van der Waals surface area contributed by atoms with E-state index in [0.29, 0.717) is 19.4 Å². The second kappa shape index (κ2) is 7.43. The van der Waals surface area contributed by atoms with Gasteiger partial charge in [-0.15, -0.1) is 0 Å². The van der Waals surface area contributed by atoms with Crippen molar-refractivity contribution in [1.29, 1.82) is 0 Å². The number of hydrogen-bond donors (Lipinski definition) is 1. The first-order chi connectivity index (χ1) is 10.8. The van der Waals surface area contributed by atoms with Gasteiger partial charge in [0.15, 0.2) is 0 Å². The van der Waals surface area contributed by atoms with Crippen molar-refractivity contribution in [3.8, 4) is 0 Å². The number of nitrogens with one attached hydrogen (secondary N) is 1. The third kappa shape index (κ3) is 4.63. The van der Waals surface area contributed by atoms with Crippen LogP contribution in [0.1, 0.15) is 19.8 Å². The number of carbonyl (C=O) groups excluding carboxylic acids is 1. The lowest BCUT2D eigenvalue weighted by Gasteiger charge is -2.33. The third-order valence-electron chi connectivity index (χ3n) is 4.02. The van der Waals surface area contributed by atoms with Crippen LogP contribution in [0.3, 0.4) is 0 Å². The number of rotatable bonds is 4. The summed E-state index contributed by atoms with van der Waals surface area (Å²) in [4.78, 5) is 11.7. The lowest BCUT2D eigenvalue weighted by molar-refractivity contribution is -0.149. The standard InChI is InChI=1S/C12H23N3O6S2/c1-2-21-12(16)11-3-6-14(7-4-11)23(19,20)15-8-5-13-22(17,18)10-9-15/h11,13H,2-10H2,1H3. The van der Waals surface area contributed by atoms with Crippen LogP contribution in [0.5, 0.6) is 0 Å². The van der Waals surface area contributed by atoms with E-state index in [4.69, 9.17) is 4.74 Å². The van der Waals surface area contributed by atoms with Crippen LogP contribution in [-0.2, 0) is 29.8 Å². The molecule has 0 aromatic rings. The molecule has 9 nitrogen and oxygen atoms in total. The zero-order valence-corrected chi connectivity index (χ0v) is 14.7. The molecule has 2 heterocycles. The van der Waals surface area contributed by atoms with Gasteiger partial charge in [-0.3, -0.25) is 4.79 Å². The summed E-state index contributed by atoms with van der Waals surface area (Å²) < 4.78 is 58.1. The number of nitrogens with zero attached hydrogens (tertiary/aromatic N) is 2. The number of ether oxygens (including phenoxy) is 1. The Labute approximate surface area is 137 Å². The van der Waals surface area contributed by atoms with Gasteiger partial charge in [0.1, 0.15) is 0 Å². The highest BCUT2D eigenvalue weighted by molar-refractivity contribution is 7.89. The molecule has 23 heavy (non-hydrogen) atoms. The number of esters is 1. The van der Waals surface area contributed by atoms with Crippen LogP contribution in [0.25, 0.3) is 0 Å². The minimum atomic E-state index is -3.71. The highest BCUT2D eigenvalue weighted by atomic mass is 32.2. The second-order valence-electron chi connectivity index (χ2n) is 5.55. The van der Waals surface area contributed by atoms with E-state index in [9.17, 15) is 21.6 Å². The first kappa shape index (κ1) is 18.6. The zero-order valence-electron chi connectivity index (χ0n) is 13.1. The third-order valence-corrected chi connectivity index (χ3v) is 7.42. The Hall–Kier alpha value is -0.750. The van der Waals surface area contributed by atoms with E-state index in [1.807, 2.05) is 0 Å². The summed E-state index contributed by atoms with van der Waals surface area (Å²) in [6.07, 6.45) is 0.838. The van der Waals surface area contributed by atoms with Gasteiger partial charge in [-0.2, -0.15) is 17.0 Å². The van der Waals surface area contributed by atoms with Gasteiger partial charge >= 0.3 is 5.97 Å². The molecule has 11 heteroatoms. The lowest BCUT2D eigenvalue weighted by Crippen LogP contribution is -2.49. The summed E-state index contributed by atoms with van der Waals surface area (Å²) in [6, 6.07) is 0. The molecule has 2 rings (SSSR count). The highest BCUT2D eigenvalue weighted by Gasteiger charge is 2.36. The van der Waals surface area contributed by atoms with Crippen LogP contribution in [-0.4, -0.2) is 76.5 Å². The minimum Gasteiger partial charge on any atom is -0.466 e. The minimum absolute atomic E-state index is 0.0600. The van der Waals surface area contributed by atoms with E-state index in [-0.39, 0.29) is 50.4 Å². The Kier molecular flexibility index (Phi) is 6.00. The van der Waals surface area contributed by atoms with Crippen molar-refractivity contribution in [1.82, 2.24) is 13.3 Å². The molecule has 2 aliphatic rings. The smallest absolute Gasteiger partial charge is 0.309 e. The molecule has 0 unspecified atom stereocenters. The number of piperidine rings is 1. The summed E-state index contributed by atoms with van der Waals surface area (Å²) in [6.45, 7) is 2.65.